The zero-order valence-corrected chi connectivity index (χ0v) is 14.4. The predicted molar refractivity (Wildman–Crippen MR) is 92.3 cm³/mol. The normalized spacial score (nSPS) is 12.0. The van der Waals surface area contributed by atoms with E-state index in [9.17, 15) is 13.2 Å². The average molecular weight is 348 g/mol. The first-order valence-corrected chi connectivity index (χ1v) is 9.19. The monoisotopic (exact) mass is 348 g/mol. The topological polar surface area (TPSA) is 79.6 Å². The molecule has 0 spiro atoms. The second-order valence-electron chi connectivity index (χ2n) is 5.36. The van der Waals surface area contributed by atoms with Crippen molar-refractivity contribution in [2.75, 3.05) is 13.3 Å². The fourth-order valence-electron chi connectivity index (χ4n) is 1.91. The molecule has 0 radical (unpaired) electrons. The summed E-state index contributed by atoms with van der Waals surface area (Å²) in [5, 5.41) is 2.77. The van der Waals surface area contributed by atoms with Crippen molar-refractivity contribution in [2.45, 2.75) is 13.1 Å². The Hall–Kier alpha value is -2.38. The number of carbonyl (C=O) groups excluding carboxylic acids is 1. The quantitative estimate of drug-likeness (QED) is 0.776. The average Bonchev–Trinajstić information content (AvgIpc) is 2.98. The lowest BCUT2D eigenvalue weighted by atomic mass is 10.2. The van der Waals surface area contributed by atoms with Gasteiger partial charge in [0.1, 0.15) is 11.5 Å². The molecule has 1 heterocycles. The summed E-state index contributed by atoms with van der Waals surface area (Å²) in [5.74, 6) is 0.763. The van der Waals surface area contributed by atoms with Crippen LogP contribution in [-0.4, -0.2) is 31.9 Å². The van der Waals surface area contributed by atoms with Gasteiger partial charge in [-0.3, -0.25) is 4.79 Å². The first kappa shape index (κ1) is 18.0. The van der Waals surface area contributed by atoms with Crippen molar-refractivity contribution in [3.63, 3.8) is 0 Å². The number of nitrogens with one attached hydrogen (secondary N) is 1. The van der Waals surface area contributed by atoms with Crippen LogP contribution < -0.4 is 5.32 Å². The number of amides is 1. The van der Waals surface area contributed by atoms with Crippen LogP contribution in [0.1, 0.15) is 17.1 Å². The Kier molecular flexibility index (Phi) is 5.94. The van der Waals surface area contributed by atoms with Gasteiger partial charge in [0.05, 0.1) is 12.8 Å². The van der Waals surface area contributed by atoms with Gasteiger partial charge in [-0.15, -0.1) is 0 Å². The third kappa shape index (κ3) is 5.68. The maximum atomic E-state index is 11.8. The van der Waals surface area contributed by atoms with E-state index in [4.69, 9.17) is 4.42 Å². The first-order valence-electron chi connectivity index (χ1n) is 7.34. The van der Waals surface area contributed by atoms with Crippen molar-refractivity contribution >= 4 is 22.0 Å². The van der Waals surface area contributed by atoms with Crippen LogP contribution in [-0.2, 0) is 27.9 Å². The van der Waals surface area contributed by atoms with Crippen LogP contribution in [0.15, 0.2) is 53.0 Å². The van der Waals surface area contributed by atoms with Gasteiger partial charge >= 0.3 is 0 Å². The van der Waals surface area contributed by atoms with Gasteiger partial charge < -0.3 is 9.73 Å². The van der Waals surface area contributed by atoms with Crippen LogP contribution in [0.5, 0.6) is 0 Å². The second-order valence-corrected chi connectivity index (χ2v) is 7.45. The fourth-order valence-corrected chi connectivity index (χ4v) is 2.27. The number of rotatable bonds is 7. The Labute approximate surface area is 141 Å². The van der Waals surface area contributed by atoms with Gasteiger partial charge in [0.2, 0.25) is 15.9 Å². The van der Waals surface area contributed by atoms with Crippen LogP contribution in [0, 0.1) is 0 Å². The molecule has 0 saturated heterocycles. The van der Waals surface area contributed by atoms with Crippen molar-refractivity contribution in [3.05, 3.63) is 65.6 Å². The van der Waals surface area contributed by atoms with Gasteiger partial charge in [-0.05, 0) is 23.8 Å². The molecule has 2 rings (SSSR count). The maximum Gasteiger partial charge on any atom is 0.244 e. The van der Waals surface area contributed by atoms with Crippen molar-refractivity contribution in [1.29, 1.82) is 0 Å². The number of hydrogen-bond acceptors (Lipinski definition) is 4. The second kappa shape index (κ2) is 7.94. The zero-order valence-electron chi connectivity index (χ0n) is 13.6. The number of carbonyl (C=O) groups is 1. The Morgan fingerprint density at radius 2 is 1.92 bits per heavy atom. The summed E-state index contributed by atoms with van der Waals surface area (Å²) in [6, 6.07) is 13.0. The summed E-state index contributed by atoms with van der Waals surface area (Å²) in [6.07, 6.45) is 4.06. The van der Waals surface area contributed by atoms with E-state index in [0.29, 0.717) is 18.1 Å². The lowest BCUT2D eigenvalue weighted by Crippen LogP contribution is -2.24. The number of benzene rings is 1. The Morgan fingerprint density at radius 3 is 2.58 bits per heavy atom. The molecule has 0 aliphatic carbocycles. The smallest absolute Gasteiger partial charge is 0.244 e. The van der Waals surface area contributed by atoms with E-state index in [1.165, 1.54) is 17.4 Å². The SMILES string of the molecule is CN(Cc1ccc(/C=C/C(=O)NCc2ccccc2)o1)S(C)(=O)=O. The van der Waals surface area contributed by atoms with Crippen LogP contribution in [0.2, 0.25) is 0 Å². The molecule has 1 N–H and O–H groups in total. The van der Waals surface area contributed by atoms with Gasteiger partial charge in [-0.1, -0.05) is 30.3 Å². The molecule has 0 bridgehead atoms. The molecule has 24 heavy (non-hydrogen) atoms. The standard InChI is InChI=1S/C17H20N2O4S/c1-19(24(2,21)22)13-16-9-8-15(23-16)10-11-17(20)18-12-14-6-4-3-5-7-14/h3-11H,12-13H2,1-2H3,(H,18,20)/b11-10+. The molecule has 6 nitrogen and oxygen atoms in total. The Morgan fingerprint density at radius 1 is 1.21 bits per heavy atom. The van der Waals surface area contributed by atoms with Gasteiger partial charge in [-0.25, -0.2) is 8.42 Å². The van der Waals surface area contributed by atoms with Crippen molar-refractivity contribution in [2.24, 2.45) is 0 Å². The van der Waals surface area contributed by atoms with E-state index in [-0.39, 0.29) is 12.5 Å². The van der Waals surface area contributed by atoms with E-state index in [2.05, 4.69) is 5.32 Å². The van der Waals surface area contributed by atoms with Gasteiger partial charge in [0, 0.05) is 19.7 Å². The van der Waals surface area contributed by atoms with Crippen LogP contribution >= 0.6 is 0 Å². The van der Waals surface area contributed by atoms with E-state index >= 15 is 0 Å². The van der Waals surface area contributed by atoms with E-state index in [0.717, 1.165) is 11.8 Å². The molecule has 0 atom stereocenters. The number of hydrogen-bond donors (Lipinski definition) is 1. The summed E-state index contributed by atoms with van der Waals surface area (Å²) in [5.41, 5.74) is 1.02. The highest BCUT2D eigenvalue weighted by molar-refractivity contribution is 7.88. The highest BCUT2D eigenvalue weighted by Crippen LogP contribution is 2.12. The highest BCUT2D eigenvalue weighted by Gasteiger charge is 2.13. The predicted octanol–water partition coefficient (Wildman–Crippen LogP) is 2.00. The highest BCUT2D eigenvalue weighted by atomic mass is 32.2. The molecular formula is C17H20N2O4S. The molecule has 0 aliphatic rings. The number of nitrogens with zero attached hydrogens (tertiary/aromatic N) is 1. The molecule has 0 saturated carbocycles. The molecule has 1 aromatic heterocycles. The van der Waals surface area contributed by atoms with E-state index in [1.54, 1.807) is 18.2 Å². The molecule has 1 amide bonds. The van der Waals surface area contributed by atoms with Gasteiger partial charge in [0.25, 0.3) is 0 Å². The molecule has 0 aliphatic heterocycles. The maximum absolute atomic E-state index is 11.8. The van der Waals surface area contributed by atoms with Gasteiger partial charge in [-0.2, -0.15) is 4.31 Å². The molecule has 7 heteroatoms. The van der Waals surface area contributed by atoms with Crippen LogP contribution in [0.4, 0.5) is 0 Å². The number of sulfonamides is 1. The Balaban J connectivity index is 1.87. The lowest BCUT2D eigenvalue weighted by Gasteiger charge is -2.11. The summed E-state index contributed by atoms with van der Waals surface area (Å²) < 4.78 is 29.4. The largest absolute Gasteiger partial charge is 0.460 e. The van der Waals surface area contributed by atoms with Crippen molar-refractivity contribution in [3.8, 4) is 0 Å². The molecule has 128 valence electrons. The minimum Gasteiger partial charge on any atom is -0.460 e. The fraction of sp³-hybridized carbons (Fsp3) is 0.235. The summed E-state index contributed by atoms with van der Waals surface area (Å²) >= 11 is 0. The van der Waals surface area contributed by atoms with Gasteiger partial charge in [0.15, 0.2) is 0 Å². The van der Waals surface area contributed by atoms with Crippen LogP contribution in [0.3, 0.4) is 0 Å². The molecule has 0 unspecified atom stereocenters. The summed E-state index contributed by atoms with van der Waals surface area (Å²) in [4.78, 5) is 11.8. The molecule has 0 fully saturated rings. The van der Waals surface area contributed by atoms with Crippen molar-refractivity contribution in [1.82, 2.24) is 9.62 Å². The Bertz CT molecular complexity index is 810. The lowest BCUT2D eigenvalue weighted by molar-refractivity contribution is -0.116. The summed E-state index contributed by atoms with van der Waals surface area (Å²) in [7, 11) is -1.78. The first-order chi connectivity index (χ1) is 11.3. The minimum atomic E-state index is -3.26. The molecule has 2 aromatic rings. The number of furan rings is 1. The van der Waals surface area contributed by atoms with Crippen LogP contribution in [0.25, 0.3) is 6.08 Å². The molecular weight excluding hydrogens is 328 g/mol. The summed E-state index contributed by atoms with van der Waals surface area (Å²) in [6.45, 7) is 0.597. The van der Waals surface area contributed by atoms with E-state index < -0.39 is 10.0 Å². The zero-order chi connectivity index (χ0) is 17.6. The van der Waals surface area contributed by atoms with Crippen molar-refractivity contribution < 1.29 is 17.6 Å². The third-order valence-electron chi connectivity index (χ3n) is 3.34. The van der Waals surface area contributed by atoms with E-state index in [1.807, 2.05) is 30.3 Å². The molecule has 1 aromatic carbocycles. The minimum absolute atomic E-state index is 0.146. The third-order valence-corrected chi connectivity index (χ3v) is 4.60.